The van der Waals surface area contributed by atoms with Gasteiger partial charge in [-0.3, -0.25) is 4.79 Å². The van der Waals surface area contributed by atoms with Crippen LogP contribution in [0.2, 0.25) is 0 Å². The van der Waals surface area contributed by atoms with Crippen molar-refractivity contribution in [1.82, 2.24) is 0 Å². The molecule has 21 heavy (non-hydrogen) atoms. The molecule has 0 unspecified atom stereocenters. The number of furan rings is 1. The third-order valence-corrected chi connectivity index (χ3v) is 4.73. The quantitative estimate of drug-likeness (QED) is 0.682. The van der Waals surface area contributed by atoms with Crippen LogP contribution in [0.4, 0.5) is 5.69 Å². The second-order valence-corrected chi connectivity index (χ2v) is 6.15. The van der Waals surface area contributed by atoms with Gasteiger partial charge in [-0.2, -0.15) is 11.3 Å². The Morgan fingerprint density at radius 3 is 2.86 bits per heavy atom. The van der Waals surface area contributed by atoms with Gasteiger partial charge in [0.2, 0.25) is 0 Å². The topological polar surface area (TPSA) is 42.2 Å². The SMILES string of the molecule is O=C(Nc1ccccc1SCc1ccsc1)c1ccco1. The summed E-state index contributed by atoms with van der Waals surface area (Å²) >= 11 is 3.40. The first-order valence-corrected chi connectivity index (χ1v) is 8.33. The van der Waals surface area contributed by atoms with Crippen molar-refractivity contribution >= 4 is 34.7 Å². The first kappa shape index (κ1) is 14.0. The van der Waals surface area contributed by atoms with Crippen molar-refractivity contribution in [2.24, 2.45) is 0 Å². The maximum Gasteiger partial charge on any atom is 0.291 e. The van der Waals surface area contributed by atoms with E-state index in [1.54, 1.807) is 35.2 Å². The number of hydrogen-bond donors (Lipinski definition) is 1. The summed E-state index contributed by atoms with van der Waals surface area (Å²) in [5.41, 5.74) is 2.09. The van der Waals surface area contributed by atoms with E-state index in [-0.39, 0.29) is 5.91 Å². The summed E-state index contributed by atoms with van der Waals surface area (Å²) in [4.78, 5) is 13.1. The van der Waals surface area contributed by atoms with Gasteiger partial charge >= 0.3 is 0 Å². The fourth-order valence-electron chi connectivity index (χ4n) is 1.82. The largest absolute Gasteiger partial charge is 0.459 e. The summed E-state index contributed by atoms with van der Waals surface area (Å²) in [5.74, 6) is 0.966. The van der Waals surface area contributed by atoms with Gasteiger partial charge in [0.15, 0.2) is 5.76 Å². The molecule has 0 saturated heterocycles. The van der Waals surface area contributed by atoms with Crippen molar-refractivity contribution in [2.45, 2.75) is 10.6 Å². The van der Waals surface area contributed by atoms with Crippen LogP contribution in [0.15, 0.2) is 68.8 Å². The molecule has 3 rings (SSSR count). The molecule has 0 saturated carbocycles. The number of hydrogen-bond acceptors (Lipinski definition) is 4. The molecule has 2 aromatic heterocycles. The number of thioether (sulfide) groups is 1. The van der Waals surface area contributed by atoms with Gasteiger partial charge < -0.3 is 9.73 Å². The number of nitrogens with one attached hydrogen (secondary N) is 1. The van der Waals surface area contributed by atoms with Crippen LogP contribution >= 0.6 is 23.1 Å². The molecule has 2 heterocycles. The van der Waals surface area contributed by atoms with E-state index in [1.165, 1.54) is 11.8 Å². The van der Waals surface area contributed by atoms with Crippen molar-refractivity contribution in [1.29, 1.82) is 0 Å². The first-order valence-electron chi connectivity index (χ1n) is 6.41. The summed E-state index contributed by atoms with van der Waals surface area (Å²) in [7, 11) is 0. The molecule has 106 valence electrons. The molecule has 1 aromatic carbocycles. The van der Waals surface area contributed by atoms with Crippen LogP contribution < -0.4 is 5.32 Å². The number of thiophene rings is 1. The normalized spacial score (nSPS) is 10.5. The lowest BCUT2D eigenvalue weighted by atomic mass is 10.3. The highest BCUT2D eigenvalue weighted by atomic mass is 32.2. The number of rotatable bonds is 5. The molecular formula is C16H13NO2S2. The molecule has 0 aliphatic rings. The third-order valence-electron chi connectivity index (χ3n) is 2.85. The number of carbonyl (C=O) groups excluding carboxylic acids is 1. The zero-order valence-electron chi connectivity index (χ0n) is 11.1. The second kappa shape index (κ2) is 6.65. The summed E-state index contributed by atoms with van der Waals surface area (Å²) in [5, 5.41) is 7.10. The van der Waals surface area contributed by atoms with Gasteiger partial charge in [0.05, 0.1) is 12.0 Å². The number of benzene rings is 1. The maximum atomic E-state index is 12.0. The zero-order valence-corrected chi connectivity index (χ0v) is 12.7. The fourth-order valence-corrected chi connectivity index (χ4v) is 3.55. The Kier molecular flexibility index (Phi) is 4.43. The van der Waals surface area contributed by atoms with Crippen LogP contribution in [0.5, 0.6) is 0 Å². The maximum absolute atomic E-state index is 12.0. The lowest BCUT2D eigenvalue weighted by molar-refractivity contribution is 0.0996. The second-order valence-electron chi connectivity index (χ2n) is 4.35. The predicted octanol–water partition coefficient (Wildman–Crippen LogP) is 4.89. The Morgan fingerprint density at radius 1 is 1.19 bits per heavy atom. The minimum absolute atomic E-state index is 0.233. The van der Waals surface area contributed by atoms with E-state index < -0.39 is 0 Å². The molecule has 0 fully saturated rings. The van der Waals surface area contributed by atoms with E-state index in [0.717, 1.165) is 16.3 Å². The molecule has 1 amide bonds. The van der Waals surface area contributed by atoms with Crippen LogP contribution in [0.1, 0.15) is 16.1 Å². The van der Waals surface area contributed by atoms with E-state index in [0.29, 0.717) is 5.76 Å². The molecule has 0 spiro atoms. The molecule has 3 aromatic rings. The molecule has 0 bridgehead atoms. The Morgan fingerprint density at radius 2 is 2.10 bits per heavy atom. The number of amides is 1. The van der Waals surface area contributed by atoms with E-state index >= 15 is 0 Å². The Balaban J connectivity index is 1.71. The van der Waals surface area contributed by atoms with Gasteiger partial charge in [0.25, 0.3) is 5.91 Å². The van der Waals surface area contributed by atoms with E-state index in [2.05, 4.69) is 22.1 Å². The Bertz CT molecular complexity index is 706. The van der Waals surface area contributed by atoms with Gasteiger partial charge in [-0.25, -0.2) is 0 Å². The minimum Gasteiger partial charge on any atom is -0.459 e. The van der Waals surface area contributed by atoms with Crippen LogP contribution in [0, 0.1) is 0 Å². The average molecular weight is 315 g/mol. The summed E-state index contributed by atoms with van der Waals surface area (Å²) in [6.45, 7) is 0. The third kappa shape index (κ3) is 3.56. The summed E-state index contributed by atoms with van der Waals surface area (Å²) < 4.78 is 5.11. The molecule has 0 atom stereocenters. The molecule has 5 heteroatoms. The number of para-hydroxylation sites is 1. The smallest absolute Gasteiger partial charge is 0.291 e. The van der Waals surface area contributed by atoms with Gasteiger partial charge in [-0.1, -0.05) is 12.1 Å². The highest BCUT2D eigenvalue weighted by Gasteiger charge is 2.11. The molecule has 0 aliphatic carbocycles. The van der Waals surface area contributed by atoms with Gasteiger partial charge in [-0.05, 0) is 46.7 Å². The minimum atomic E-state index is -0.233. The highest BCUT2D eigenvalue weighted by Crippen LogP contribution is 2.30. The van der Waals surface area contributed by atoms with E-state index in [1.807, 2.05) is 24.3 Å². The van der Waals surface area contributed by atoms with Crippen molar-refractivity contribution < 1.29 is 9.21 Å². The molecule has 1 N–H and O–H groups in total. The number of anilines is 1. The van der Waals surface area contributed by atoms with Crippen LogP contribution in [0.25, 0.3) is 0 Å². The molecule has 3 nitrogen and oxygen atoms in total. The van der Waals surface area contributed by atoms with Crippen LogP contribution in [-0.4, -0.2) is 5.91 Å². The average Bonchev–Trinajstić information content (AvgIpc) is 3.20. The lowest BCUT2D eigenvalue weighted by Crippen LogP contribution is -2.11. The zero-order chi connectivity index (χ0) is 14.5. The molecule has 0 aliphatic heterocycles. The highest BCUT2D eigenvalue weighted by molar-refractivity contribution is 7.98. The Labute approximate surface area is 131 Å². The number of carbonyl (C=O) groups is 1. The summed E-state index contributed by atoms with van der Waals surface area (Å²) in [6.07, 6.45) is 1.49. The van der Waals surface area contributed by atoms with E-state index in [4.69, 9.17) is 4.42 Å². The predicted molar refractivity (Wildman–Crippen MR) is 87.0 cm³/mol. The van der Waals surface area contributed by atoms with Crippen molar-refractivity contribution in [3.63, 3.8) is 0 Å². The fraction of sp³-hybridized carbons (Fsp3) is 0.0625. The molecule has 0 radical (unpaired) electrons. The van der Waals surface area contributed by atoms with Crippen molar-refractivity contribution in [2.75, 3.05) is 5.32 Å². The first-order chi connectivity index (χ1) is 10.3. The molecular weight excluding hydrogens is 302 g/mol. The van der Waals surface area contributed by atoms with Crippen molar-refractivity contribution in [3.8, 4) is 0 Å². The van der Waals surface area contributed by atoms with Gasteiger partial charge in [-0.15, -0.1) is 11.8 Å². The van der Waals surface area contributed by atoms with Crippen molar-refractivity contribution in [3.05, 3.63) is 70.8 Å². The lowest BCUT2D eigenvalue weighted by Gasteiger charge is -2.09. The van der Waals surface area contributed by atoms with Gasteiger partial charge in [0, 0.05) is 10.6 Å². The Hall–Kier alpha value is -1.98. The standard InChI is InChI=1S/C16H13NO2S2/c18-16(14-5-3-8-19-14)17-13-4-1-2-6-15(13)21-11-12-7-9-20-10-12/h1-10H,11H2,(H,17,18). The van der Waals surface area contributed by atoms with Gasteiger partial charge in [0.1, 0.15) is 0 Å². The monoisotopic (exact) mass is 315 g/mol. The van der Waals surface area contributed by atoms with Crippen LogP contribution in [0.3, 0.4) is 0 Å². The van der Waals surface area contributed by atoms with Crippen LogP contribution in [-0.2, 0) is 5.75 Å². The summed E-state index contributed by atoms with van der Waals surface area (Å²) in [6, 6.07) is 13.3. The van der Waals surface area contributed by atoms with E-state index in [9.17, 15) is 4.79 Å².